The van der Waals surface area contributed by atoms with Gasteiger partial charge >= 0.3 is 0 Å². The number of aromatic nitrogens is 3. The minimum atomic E-state index is -0.102. The van der Waals surface area contributed by atoms with Gasteiger partial charge in [0.05, 0.1) is 11.6 Å². The van der Waals surface area contributed by atoms with Crippen LogP contribution in [0.2, 0.25) is 0 Å². The summed E-state index contributed by atoms with van der Waals surface area (Å²) in [7, 11) is 0. The lowest BCUT2D eigenvalue weighted by molar-refractivity contribution is -0.121. The van der Waals surface area contributed by atoms with Crippen molar-refractivity contribution in [3.63, 3.8) is 0 Å². The molecule has 0 aromatic carbocycles. The minimum absolute atomic E-state index is 0.00608. The van der Waals surface area contributed by atoms with Gasteiger partial charge in [-0.2, -0.15) is 0 Å². The highest BCUT2D eigenvalue weighted by Gasteiger charge is 2.26. The number of piperidine rings is 1. The first kappa shape index (κ1) is 19.3. The van der Waals surface area contributed by atoms with Gasteiger partial charge in [-0.05, 0) is 56.5 Å². The van der Waals surface area contributed by atoms with Gasteiger partial charge < -0.3 is 5.32 Å². The van der Waals surface area contributed by atoms with Crippen LogP contribution in [-0.4, -0.2) is 38.3 Å². The summed E-state index contributed by atoms with van der Waals surface area (Å²) >= 11 is 0. The van der Waals surface area contributed by atoms with E-state index in [1.165, 1.54) is 0 Å². The van der Waals surface area contributed by atoms with E-state index in [1.54, 1.807) is 22.9 Å². The molecule has 0 aliphatic carbocycles. The van der Waals surface area contributed by atoms with Crippen molar-refractivity contribution in [2.75, 3.05) is 18.4 Å². The molecule has 1 aliphatic rings. The fourth-order valence-corrected chi connectivity index (χ4v) is 3.80. The number of carbonyl (C=O) groups excluding carboxylic acids is 1. The first-order valence-corrected chi connectivity index (χ1v) is 9.93. The molecule has 1 unspecified atom stereocenters. The summed E-state index contributed by atoms with van der Waals surface area (Å²) in [5, 5.41) is 2.92. The Balaban J connectivity index is 1.45. The molecule has 3 aromatic rings. The average Bonchev–Trinajstić information content (AvgIpc) is 2.71. The smallest absolute Gasteiger partial charge is 0.258 e. The van der Waals surface area contributed by atoms with Crippen LogP contribution in [0.15, 0.2) is 47.5 Å². The summed E-state index contributed by atoms with van der Waals surface area (Å²) in [5.41, 5.74) is 3.37. The van der Waals surface area contributed by atoms with E-state index >= 15 is 0 Å². The van der Waals surface area contributed by atoms with Gasteiger partial charge in [0.15, 0.2) is 0 Å². The summed E-state index contributed by atoms with van der Waals surface area (Å²) in [6, 6.07) is 9.14. The maximum atomic E-state index is 12.7. The third kappa shape index (κ3) is 4.35. The number of nitrogens with zero attached hydrogens (tertiary/aromatic N) is 4. The number of nitrogens with one attached hydrogen (secondary N) is 1. The zero-order chi connectivity index (χ0) is 20.4. The summed E-state index contributed by atoms with van der Waals surface area (Å²) in [6.45, 7) is 6.01. The van der Waals surface area contributed by atoms with E-state index in [2.05, 4.69) is 20.2 Å². The van der Waals surface area contributed by atoms with Gasteiger partial charge in [-0.25, -0.2) is 9.97 Å². The summed E-state index contributed by atoms with van der Waals surface area (Å²) < 4.78 is 1.57. The lowest BCUT2D eigenvalue weighted by Crippen LogP contribution is -2.40. The van der Waals surface area contributed by atoms with Crippen LogP contribution in [0.25, 0.3) is 5.65 Å². The van der Waals surface area contributed by atoms with Crippen molar-refractivity contribution in [2.24, 2.45) is 5.92 Å². The lowest BCUT2D eigenvalue weighted by Gasteiger charge is -2.31. The molecule has 29 heavy (non-hydrogen) atoms. The van der Waals surface area contributed by atoms with Gasteiger partial charge in [0.2, 0.25) is 5.91 Å². The number of hydrogen-bond acceptors (Lipinski definition) is 5. The van der Waals surface area contributed by atoms with Crippen LogP contribution >= 0.6 is 0 Å². The Morgan fingerprint density at radius 1 is 1.28 bits per heavy atom. The Morgan fingerprint density at radius 3 is 2.93 bits per heavy atom. The van der Waals surface area contributed by atoms with E-state index in [0.29, 0.717) is 24.6 Å². The number of rotatable bonds is 4. The van der Waals surface area contributed by atoms with E-state index in [0.717, 1.165) is 36.2 Å². The number of pyridine rings is 2. The maximum absolute atomic E-state index is 12.7. The molecule has 0 spiro atoms. The Bertz CT molecular complexity index is 1090. The van der Waals surface area contributed by atoms with Crippen LogP contribution in [0.3, 0.4) is 0 Å². The van der Waals surface area contributed by atoms with Crippen molar-refractivity contribution < 1.29 is 4.79 Å². The molecule has 1 N–H and O–H groups in total. The summed E-state index contributed by atoms with van der Waals surface area (Å²) in [6.07, 6.45) is 5.27. The van der Waals surface area contributed by atoms with Crippen LogP contribution in [0.5, 0.6) is 0 Å². The lowest BCUT2D eigenvalue weighted by atomic mass is 9.97. The minimum Gasteiger partial charge on any atom is -0.310 e. The first-order valence-electron chi connectivity index (χ1n) is 9.93. The van der Waals surface area contributed by atoms with E-state index in [9.17, 15) is 9.59 Å². The predicted molar refractivity (Wildman–Crippen MR) is 112 cm³/mol. The number of hydrogen-bond donors (Lipinski definition) is 1. The van der Waals surface area contributed by atoms with Crippen LogP contribution in [0.4, 0.5) is 5.82 Å². The normalized spacial score (nSPS) is 17.4. The van der Waals surface area contributed by atoms with Crippen LogP contribution < -0.4 is 10.9 Å². The predicted octanol–water partition coefficient (Wildman–Crippen LogP) is 2.56. The molecule has 1 aliphatic heterocycles. The molecule has 7 heteroatoms. The fraction of sp³-hybridized carbons (Fsp3) is 0.364. The molecule has 0 radical (unpaired) electrons. The molecular weight excluding hydrogens is 366 g/mol. The van der Waals surface area contributed by atoms with E-state index in [4.69, 9.17) is 0 Å². The Hall–Kier alpha value is -3.06. The Kier molecular flexibility index (Phi) is 5.40. The molecule has 1 atom stereocenters. The molecule has 4 rings (SSSR count). The molecule has 4 heterocycles. The number of carbonyl (C=O) groups is 1. The van der Waals surface area contributed by atoms with Crippen molar-refractivity contribution >= 4 is 17.4 Å². The van der Waals surface area contributed by atoms with Crippen molar-refractivity contribution in [3.05, 3.63) is 69.9 Å². The summed E-state index contributed by atoms with van der Waals surface area (Å²) in [4.78, 5) is 36.2. The van der Waals surface area contributed by atoms with E-state index in [-0.39, 0.29) is 17.4 Å². The van der Waals surface area contributed by atoms with Gasteiger partial charge in [0, 0.05) is 31.5 Å². The van der Waals surface area contributed by atoms with Crippen LogP contribution in [-0.2, 0) is 11.3 Å². The topological polar surface area (TPSA) is 79.6 Å². The highest BCUT2D eigenvalue weighted by molar-refractivity contribution is 5.91. The Labute approximate surface area is 169 Å². The van der Waals surface area contributed by atoms with Gasteiger partial charge in [0.1, 0.15) is 11.5 Å². The number of anilines is 1. The fourth-order valence-electron chi connectivity index (χ4n) is 3.80. The zero-order valence-corrected chi connectivity index (χ0v) is 16.8. The van der Waals surface area contributed by atoms with Crippen molar-refractivity contribution in [2.45, 2.75) is 33.2 Å². The first-order chi connectivity index (χ1) is 14.0. The molecule has 0 bridgehead atoms. The van der Waals surface area contributed by atoms with Crippen LogP contribution in [0, 0.1) is 19.8 Å². The second-order valence-electron chi connectivity index (χ2n) is 7.75. The molecule has 7 nitrogen and oxygen atoms in total. The zero-order valence-electron chi connectivity index (χ0n) is 16.8. The SMILES string of the molecule is Cc1ccc(NC(=O)C2CCCN(Cc3cc(=O)n4cccc(C)c4n3)C2)nc1. The summed E-state index contributed by atoms with van der Waals surface area (Å²) in [5.74, 6) is 0.473. The van der Waals surface area contributed by atoms with Crippen molar-refractivity contribution in [3.8, 4) is 0 Å². The second-order valence-corrected chi connectivity index (χ2v) is 7.75. The van der Waals surface area contributed by atoms with Gasteiger partial charge in [-0.1, -0.05) is 12.1 Å². The largest absolute Gasteiger partial charge is 0.310 e. The number of amides is 1. The Morgan fingerprint density at radius 2 is 2.14 bits per heavy atom. The van der Waals surface area contributed by atoms with Crippen LogP contribution in [0.1, 0.15) is 29.7 Å². The molecule has 3 aromatic heterocycles. The third-order valence-corrected chi connectivity index (χ3v) is 5.36. The highest BCUT2D eigenvalue weighted by Crippen LogP contribution is 2.20. The number of likely N-dealkylation sites (tertiary alicyclic amines) is 1. The van der Waals surface area contributed by atoms with E-state index in [1.807, 2.05) is 38.1 Å². The molecule has 1 saturated heterocycles. The van der Waals surface area contributed by atoms with Gasteiger partial charge in [-0.3, -0.25) is 18.9 Å². The molecule has 0 saturated carbocycles. The quantitative estimate of drug-likeness (QED) is 0.739. The average molecular weight is 391 g/mol. The molecule has 1 fully saturated rings. The number of aryl methyl sites for hydroxylation is 2. The van der Waals surface area contributed by atoms with Gasteiger partial charge in [-0.15, -0.1) is 0 Å². The third-order valence-electron chi connectivity index (χ3n) is 5.36. The molecule has 1 amide bonds. The molecule has 150 valence electrons. The number of fused-ring (bicyclic) bond motifs is 1. The van der Waals surface area contributed by atoms with Gasteiger partial charge in [0.25, 0.3) is 5.56 Å². The second kappa shape index (κ2) is 8.13. The highest BCUT2D eigenvalue weighted by atomic mass is 16.2. The van der Waals surface area contributed by atoms with E-state index < -0.39 is 0 Å². The monoisotopic (exact) mass is 391 g/mol. The maximum Gasteiger partial charge on any atom is 0.258 e. The molecular formula is C22H25N5O2. The van der Waals surface area contributed by atoms with Crippen molar-refractivity contribution in [1.82, 2.24) is 19.3 Å². The standard InChI is InChI=1S/C22H25N5O2/c1-15-7-8-19(23-12-15)25-22(29)17-6-4-9-26(13-17)14-18-11-20(28)27-10-3-5-16(2)21(27)24-18/h3,5,7-8,10-12,17H,4,6,9,13-14H2,1-2H3,(H,23,25,29). The van der Waals surface area contributed by atoms with Crippen molar-refractivity contribution in [1.29, 1.82) is 0 Å².